The molecule has 0 radical (unpaired) electrons. The van der Waals surface area contributed by atoms with Crippen LogP contribution in [0, 0.1) is 0 Å². The Hall–Kier alpha value is -0.590. The minimum absolute atomic E-state index is 0.00335. The number of aliphatic hydroxyl groups excluding tert-OH is 1. The molecule has 1 aromatic rings. The van der Waals surface area contributed by atoms with E-state index in [9.17, 15) is 13.5 Å². The first kappa shape index (κ1) is 14.8. The predicted molar refractivity (Wildman–Crippen MR) is 74.1 cm³/mol. The maximum atomic E-state index is 11.2. The minimum atomic E-state index is -3.05. The van der Waals surface area contributed by atoms with Gasteiger partial charge in [-0.15, -0.1) is 0 Å². The summed E-state index contributed by atoms with van der Waals surface area (Å²) in [4.78, 5) is 0. The van der Waals surface area contributed by atoms with Crippen LogP contribution < -0.4 is 0 Å². The van der Waals surface area contributed by atoms with Crippen LogP contribution in [0.5, 0.6) is 0 Å². The zero-order valence-corrected chi connectivity index (χ0v) is 12.5. The van der Waals surface area contributed by atoms with Gasteiger partial charge in [0.2, 0.25) is 0 Å². The number of halogens is 1. The highest BCUT2D eigenvalue weighted by molar-refractivity contribution is 7.90. The Morgan fingerprint density at radius 3 is 2.58 bits per heavy atom. The lowest BCUT2D eigenvalue weighted by molar-refractivity contribution is 0.280. The molecule has 19 heavy (non-hydrogen) atoms. The van der Waals surface area contributed by atoms with E-state index in [0.29, 0.717) is 16.6 Å². The van der Waals surface area contributed by atoms with Crippen molar-refractivity contribution >= 4 is 21.4 Å². The van der Waals surface area contributed by atoms with Gasteiger partial charge in [-0.3, -0.25) is 4.68 Å². The number of aliphatic hydroxyl groups is 1. The normalized spacial score (nSPS) is 17.2. The van der Waals surface area contributed by atoms with Crippen molar-refractivity contribution in [3.8, 4) is 0 Å². The van der Waals surface area contributed by atoms with Crippen LogP contribution in [0.15, 0.2) is 0 Å². The van der Waals surface area contributed by atoms with Crippen molar-refractivity contribution in [2.45, 2.75) is 44.8 Å². The van der Waals surface area contributed by atoms with Crippen molar-refractivity contribution in [3.05, 3.63) is 16.4 Å². The van der Waals surface area contributed by atoms with E-state index in [0.717, 1.165) is 18.5 Å². The SMILES string of the molecule is CS(=O)(=O)CCn1nc(C2CCCC2)c(CO)c1Cl. The van der Waals surface area contributed by atoms with E-state index in [1.54, 1.807) is 0 Å². The summed E-state index contributed by atoms with van der Waals surface area (Å²) in [6, 6.07) is 0. The predicted octanol–water partition coefficient (Wildman–Crippen LogP) is 1.73. The summed E-state index contributed by atoms with van der Waals surface area (Å²) in [5.41, 5.74) is 1.50. The van der Waals surface area contributed by atoms with Crippen LogP contribution in [0.25, 0.3) is 0 Å². The van der Waals surface area contributed by atoms with Crippen molar-refractivity contribution in [1.29, 1.82) is 0 Å². The Morgan fingerprint density at radius 1 is 1.42 bits per heavy atom. The van der Waals surface area contributed by atoms with Gasteiger partial charge in [0.25, 0.3) is 0 Å². The van der Waals surface area contributed by atoms with Crippen LogP contribution in [0.4, 0.5) is 0 Å². The average Bonchev–Trinajstić information content (AvgIpc) is 2.93. The molecular weight excluding hydrogens is 288 g/mol. The van der Waals surface area contributed by atoms with Crippen molar-refractivity contribution in [3.63, 3.8) is 0 Å². The van der Waals surface area contributed by atoms with E-state index in [1.807, 2.05) is 0 Å². The summed E-state index contributed by atoms with van der Waals surface area (Å²) in [7, 11) is -3.05. The second kappa shape index (κ2) is 5.81. The molecule has 5 nitrogen and oxygen atoms in total. The van der Waals surface area contributed by atoms with Gasteiger partial charge in [0.15, 0.2) is 0 Å². The maximum Gasteiger partial charge on any atom is 0.149 e. The van der Waals surface area contributed by atoms with Gasteiger partial charge in [-0.2, -0.15) is 5.10 Å². The minimum Gasteiger partial charge on any atom is -0.391 e. The Balaban J connectivity index is 2.25. The number of rotatable bonds is 5. The van der Waals surface area contributed by atoms with Crippen LogP contribution in [-0.4, -0.2) is 35.3 Å². The molecule has 0 amide bonds. The van der Waals surface area contributed by atoms with Gasteiger partial charge in [0.05, 0.1) is 24.6 Å². The number of aryl methyl sites for hydroxylation is 1. The smallest absolute Gasteiger partial charge is 0.149 e. The molecule has 1 saturated carbocycles. The molecule has 2 rings (SSSR count). The van der Waals surface area contributed by atoms with Gasteiger partial charge in [-0.25, -0.2) is 8.42 Å². The molecule has 0 atom stereocenters. The molecule has 1 N–H and O–H groups in total. The average molecular weight is 307 g/mol. The quantitative estimate of drug-likeness (QED) is 0.899. The molecule has 1 aliphatic rings. The van der Waals surface area contributed by atoms with Crippen molar-refractivity contribution in [1.82, 2.24) is 9.78 Å². The monoisotopic (exact) mass is 306 g/mol. The number of sulfone groups is 1. The van der Waals surface area contributed by atoms with Gasteiger partial charge in [0, 0.05) is 17.7 Å². The third-order valence-electron chi connectivity index (χ3n) is 3.59. The lowest BCUT2D eigenvalue weighted by Gasteiger charge is -2.06. The van der Waals surface area contributed by atoms with Crippen molar-refractivity contribution < 1.29 is 13.5 Å². The highest BCUT2D eigenvalue weighted by Gasteiger charge is 2.26. The fourth-order valence-corrected chi connectivity index (χ4v) is 3.35. The molecule has 1 heterocycles. The zero-order valence-electron chi connectivity index (χ0n) is 11.0. The summed E-state index contributed by atoms with van der Waals surface area (Å²) in [6.45, 7) is 0.0843. The Morgan fingerprint density at radius 2 is 2.05 bits per heavy atom. The van der Waals surface area contributed by atoms with E-state index < -0.39 is 9.84 Å². The summed E-state index contributed by atoms with van der Waals surface area (Å²) >= 11 is 6.18. The topological polar surface area (TPSA) is 72.2 Å². The highest BCUT2D eigenvalue weighted by atomic mass is 35.5. The van der Waals surface area contributed by atoms with Crippen LogP contribution in [-0.2, 0) is 23.0 Å². The summed E-state index contributed by atoms with van der Waals surface area (Å²) in [5.74, 6) is 0.350. The first-order valence-corrected chi connectivity index (χ1v) is 8.90. The number of nitrogens with zero attached hydrogens (tertiary/aromatic N) is 2. The van der Waals surface area contributed by atoms with E-state index in [2.05, 4.69) is 5.10 Å². The van der Waals surface area contributed by atoms with E-state index >= 15 is 0 Å². The van der Waals surface area contributed by atoms with Gasteiger partial charge < -0.3 is 5.11 Å². The molecule has 0 unspecified atom stereocenters. The highest BCUT2D eigenvalue weighted by Crippen LogP contribution is 2.37. The van der Waals surface area contributed by atoms with E-state index in [-0.39, 0.29) is 18.9 Å². The van der Waals surface area contributed by atoms with Crippen LogP contribution in [0.2, 0.25) is 5.15 Å². The molecule has 1 aromatic heterocycles. The van der Waals surface area contributed by atoms with Gasteiger partial charge in [-0.05, 0) is 12.8 Å². The standard InChI is InChI=1S/C12H19ClN2O3S/c1-19(17,18)7-6-15-12(13)10(8-16)11(14-15)9-4-2-3-5-9/h9,16H,2-8H2,1H3. The van der Waals surface area contributed by atoms with E-state index in [1.165, 1.54) is 23.8 Å². The second-order valence-electron chi connectivity index (χ2n) is 5.15. The lowest BCUT2D eigenvalue weighted by Crippen LogP contribution is -2.12. The largest absolute Gasteiger partial charge is 0.391 e. The Labute approximate surface area is 118 Å². The molecule has 1 fully saturated rings. The molecule has 108 valence electrons. The van der Waals surface area contributed by atoms with Gasteiger partial charge in [-0.1, -0.05) is 24.4 Å². The number of hydrogen-bond acceptors (Lipinski definition) is 4. The molecule has 0 bridgehead atoms. The second-order valence-corrected chi connectivity index (χ2v) is 7.76. The van der Waals surface area contributed by atoms with Crippen LogP contribution in [0.3, 0.4) is 0 Å². The number of aromatic nitrogens is 2. The zero-order chi connectivity index (χ0) is 14.0. The maximum absolute atomic E-state index is 11.2. The molecule has 1 aliphatic carbocycles. The Bertz CT molecular complexity index is 548. The lowest BCUT2D eigenvalue weighted by atomic mass is 10.0. The van der Waals surface area contributed by atoms with Gasteiger partial charge in [0.1, 0.15) is 15.0 Å². The van der Waals surface area contributed by atoms with Gasteiger partial charge >= 0.3 is 0 Å². The first-order valence-electron chi connectivity index (χ1n) is 6.46. The third-order valence-corrected chi connectivity index (χ3v) is 4.93. The molecule has 0 aliphatic heterocycles. The summed E-state index contributed by atoms with van der Waals surface area (Å²) in [6.07, 6.45) is 5.65. The molecule has 0 aromatic carbocycles. The fraction of sp³-hybridized carbons (Fsp3) is 0.750. The summed E-state index contributed by atoms with van der Waals surface area (Å²) < 4.78 is 23.9. The fourth-order valence-electron chi connectivity index (χ4n) is 2.57. The third kappa shape index (κ3) is 3.49. The molecular formula is C12H19ClN2O3S. The molecule has 7 heteroatoms. The van der Waals surface area contributed by atoms with Crippen molar-refractivity contribution in [2.75, 3.05) is 12.0 Å². The Kier molecular flexibility index (Phi) is 4.53. The molecule has 0 spiro atoms. The van der Waals surface area contributed by atoms with Crippen LogP contribution in [0.1, 0.15) is 42.9 Å². The van der Waals surface area contributed by atoms with Crippen LogP contribution >= 0.6 is 11.6 Å². The number of hydrogen-bond donors (Lipinski definition) is 1. The first-order chi connectivity index (χ1) is 8.92. The van der Waals surface area contributed by atoms with Crippen molar-refractivity contribution in [2.24, 2.45) is 0 Å². The van der Waals surface area contributed by atoms with E-state index in [4.69, 9.17) is 11.6 Å². The molecule has 0 saturated heterocycles. The summed E-state index contributed by atoms with van der Waals surface area (Å²) in [5, 5.41) is 14.2.